The number of benzene rings is 3. The van der Waals surface area contributed by atoms with Gasteiger partial charge in [-0.1, -0.05) is 78.9 Å². The minimum atomic E-state index is -0.739. The van der Waals surface area contributed by atoms with Gasteiger partial charge in [0.1, 0.15) is 6.04 Å². The third-order valence-corrected chi connectivity index (χ3v) is 8.08. The van der Waals surface area contributed by atoms with Crippen LogP contribution in [0.15, 0.2) is 116 Å². The zero-order valence-corrected chi connectivity index (χ0v) is 25.6. The molecule has 2 aromatic heterocycles. The molecule has 0 aliphatic carbocycles. The molecule has 0 saturated carbocycles. The third-order valence-electron chi connectivity index (χ3n) is 8.08. The van der Waals surface area contributed by atoms with Crippen molar-refractivity contribution in [1.29, 1.82) is 0 Å². The highest BCUT2D eigenvalue weighted by atomic mass is 16.5. The summed E-state index contributed by atoms with van der Waals surface area (Å²) >= 11 is 0. The Morgan fingerprint density at radius 1 is 0.891 bits per heavy atom. The average molecular weight is 611 g/mol. The van der Waals surface area contributed by atoms with Gasteiger partial charge in [-0.3, -0.25) is 9.59 Å². The molecule has 0 saturated heterocycles. The molecule has 46 heavy (non-hydrogen) atoms. The maximum absolute atomic E-state index is 14.5. The van der Waals surface area contributed by atoms with Crippen molar-refractivity contribution in [2.45, 2.75) is 32.0 Å². The van der Waals surface area contributed by atoms with Crippen LogP contribution >= 0.6 is 0 Å². The monoisotopic (exact) mass is 610 g/mol. The Labute approximate surface area is 268 Å². The summed E-state index contributed by atoms with van der Waals surface area (Å²) in [4.78, 5) is 40.5. The van der Waals surface area contributed by atoms with Gasteiger partial charge in [0.15, 0.2) is 0 Å². The Hall–Kier alpha value is -5.70. The standard InChI is InChI=1S/C37H34N6O3/c1-46-37-38-23-29(24-39-37)15-18-35(44)43(25-28-13-16-31(17-14-28)33-12-7-20-40-41-33)34(22-27-8-3-2-4-9-27)36(45)42-21-19-30-10-5-6-11-32(30)26-42/h2-18,20,23-24,34H,19,21-22,25-26H2,1H3/b18-15+/t34-/m0/s1. The van der Waals surface area contributed by atoms with Crippen LogP contribution in [0, 0.1) is 0 Å². The minimum Gasteiger partial charge on any atom is -0.467 e. The molecule has 0 spiro atoms. The van der Waals surface area contributed by atoms with Gasteiger partial charge in [0.05, 0.1) is 12.8 Å². The largest absolute Gasteiger partial charge is 0.467 e. The molecule has 1 aliphatic heterocycles. The normalized spacial score (nSPS) is 13.2. The minimum absolute atomic E-state index is 0.0796. The van der Waals surface area contributed by atoms with E-state index in [2.05, 4.69) is 32.3 Å². The van der Waals surface area contributed by atoms with Crippen LogP contribution in [0.4, 0.5) is 0 Å². The highest BCUT2D eigenvalue weighted by molar-refractivity contribution is 5.95. The molecule has 0 unspecified atom stereocenters. The Morgan fingerprint density at radius 3 is 2.35 bits per heavy atom. The van der Waals surface area contributed by atoms with Gasteiger partial charge in [0.2, 0.25) is 11.8 Å². The van der Waals surface area contributed by atoms with Crippen LogP contribution in [0.25, 0.3) is 17.3 Å². The van der Waals surface area contributed by atoms with Crippen LogP contribution in [0.3, 0.4) is 0 Å². The molecule has 1 aliphatic rings. The molecule has 0 N–H and O–H groups in total. The van der Waals surface area contributed by atoms with E-state index >= 15 is 0 Å². The lowest BCUT2D eigenvalue weighted by Crippen LogP contribution is -2.52. The molecule has 230 valence electrons. The smallest absolute Gasteiger partial charge is 0.316 e. The molecule has 3 heterocycles. The summed E-state index contributed by atoms with van der Waals surface area (Å²) in [6.45, 7) is 1.33. The van der Waals surface area contributed by atoms with E-state index in [9.17, 15) is 9.59 Å². The van der Waals surface area contributed by atoms with Crippen molar-refractivity contribution in [3.8, 4) is 17.3 Å². The van der Waals surface area contributed by atoms with Gasteiger partial charge in [0.25, 0.3) is 0 Å². The second-order valence-electron chi connectivity index (χ2n) is 11.1. The fourth-order valence-electron chi connectivity index (χ4n) is 5.62. The molecule has 9 nitrogen and oxygen atoms in total. The molecule has 0 fully saturated rings. The van der Waals surface area contributed by atoms with Gasteiger partial charge >= 0.3 is 6.01 Å². The zero-order chi connectivity index (χ0) is 31.7. The van der Waals surface area contributed by atoms with Crippen LogP contribution < -0.4 is 4.74 Å². The number of hydrogen-bond donors (Lipinski definition) is 0. The lowest BCUT2D eigenvalue weighted by atomic mass is 9.97. The summed E-state index contributed by atoms with van der Waals surface area (Å²) < 4.78 is 5.06. The van der Waals surface area contributed by atoms with Crippen molar-refractivity contribution in [3.63, 3.8) is 0 Å². The van der Waals surface area contributed by atoms with E-state index in [4.69, 9.17) is 4.74 Å². The van der Waals surface area contributed by atoms with E-state index in [-0.39, 0.29) is 24.4 Å². The number of methoxy groups -OCH3 is 1. The first-order valence-corrected chi connectivity index (χ1v) is 15.2. The first kappa shape index (κ1) is 30.3. The summed E-state index contributed by atoms with van der Waals surface area (Å²) in [6, 6.07) is 29.2. The molecule has 5 aromatic rings. The average Bonchev–Trinajstić information content (AvgIpc) is 3.13. The van der Waals surface area contributed by atoms with Crippen molar-refractivity contribution < 1.29 is 14.3 Å². The van der Waals surface area contributed by atoms with E-state index in [1.165, 1.54) is 18.7 Å². The summed E-state index contributed by atoms with van der Waals surface area (Å²) in [5.74, 6) is -0.371. The number of rotatable bonds is 10. The van der Waals surface area contributed by atoms with Gasteiger partial charge < -0.3 is 14.5 Å². The van der Waals surface area contributed by atoms with Crippen LogP contribution in [-0.2, 0) is 35.5 Å². The summed E-state index contributed by atoms with van der Waals surface area (Å²) in [5.41, 5.74) is 6.57. The number of carbonyl (C=O) groups is 2. The van der Waals surface area contributed by atoms with E-state index in [1.54, 1.807) is 29.6 Å². The number of hydrogen-bond acceptors (Lipinski definition) is 7. The summed E-state index contributed by atoms with van der Waals surface area (Å²) in [5, 5.41) is 8.19. The van der Waals surface area contributed by atoms with Crippen LogP contribution in [0.5, 0.6) is 6.01 Å². The maximum atomic E-state index is 14.5. The zero-order valence-electron chi connectivity index (χ0n) is 25.6. The molecule has 6 rings (SSSR count). The van der Waals surface area contributed by atoms with Crippen LogP contribution in [0.1, 0.15) is 27.8 Å². The molecule has 9 heteroatoms. The Kier molecular flexibility index (Phi) is 9.49. The van der Waals surface area contributed by atoms with Crippen LogP contribution in [0.2, 0.25) is 0 Å². The Bertz CT molecular complexity index is 1800. The highest BCUT2D eigenvalue weighted by Crippen LogP contribution is 2.24. The van der Waals surface area contributed by atoms with E-state index < -0.39 is 6.04 Å². The molecule has 0 bridgehead atoms. The predicted molar refractivity (Wildman–Crippen MR) is 175 cm³/mol. The SMILES string of the molecule is COc1ncc(/C=C/C(=O)N(Cc2ccc(-c3cccnn3)cc2)[C@@H](Cc2ccccc2)C(=O)N2CCc3ccccc3C2)cn1. The van der Waals surface area contributed by atoms with Crippen molar-refractivity contribution in [2.24, 2.45) is 0 Å². The van der Waals surface area contributed by atoms with Crippen molar-refractivity contribution in [3.05, 3.63) is 143 Å². The van der Waals surface area contributed by atoms with Gasteiger partial charge in [-0.15, -0.1) is 0 Å². The van der Waals surface area contributed by atoms with E-state index in [0.29, 0.717) is 25.1 Å². The molecular formula is C37H34N6O3. The van der Waals surface area contributed by atoms with Crippen molar-refractivity contribution >= 4 is 17.9 Å². The summed E-state index contributed by atoms with van der Waals surface area (Å²) in [6.07, 6.45) is 9.10. The van der Waals surface area contributed by atoms with E-state index in [0.717, 1.165) is 34.4 Å². The van der Waals surface area contributed by atoms with E-state index in [1.807, 2.05) is 83.8 Å². The van der Waals surface area contributed by atoms with Crippen LogP contribution in [-0.4, -0.2) is 61.5 Å². The second-order valence-corrected chi connectivity index (χ2v) is 11.1. The number of ether oxygens (including phenoxy) is 1. The first-order valence-electron chi connectivity index (χ1n) is 15.2. The maximum Gasteiger partial charge on any atom is 0.316 e. The number of carbonyl (C=O) groups excluding carboxylic acids is 2. The number of nitrogens with zero attached hydrogens (tertiary/aromatic N) is 6. The second kappa shape index (κ2) is 14.4. The van der Waals surface area contributed by atoms with Gasteiger partial charge in [0, 0.05) is 61.8 Å². The fraction of sp³-hybridized carbons (Fsp3) is 0.189. The fourth-order valence-corrected chi connectivity index (χ4v) is 5.62. The molecule has 0 radical (unpaired) electrons. The Morgan fingerprint density at radius 2 is 1.63 bits per heavy atom. The predicted octanol–water partition coefficient (Wildman–Crippen LogP) is 5.18. The molecular weight excluding hydrogens is 576 g/mol. The molecule has 3 aromatic carbocycles. The third kappa shape index (κ3) is 7.32. The molecule has 1 atom stereocenters. The topological polar surface area (TPSA) is 101 Å². The number of fused-ring (bicyclic) bond motifs is 1. The molecule has 2 amide bonds. The highest BCUT2D eigenvalue weighted by Gasteiger charge is 2.34. The first-order chi connectivity index (χ1) is 22.6. The van der Waals surface area contributed by atoms with Crippen molar-refractivity contribution in [2.75, 3.05) is 13.7 Å². The Balaban J connectivity index is 1.34. The lowest BCUT2D eigenvalue weighted by molar-refractivity contribution is -0.144. The number of amides is 2. The van der Waals surface area contributed by atoms with Gasteiger partial charge in [-0.2, -0.15) is 10.2 Å². The number of aromatic nitrogens is 4. The quantitative estimate of drug-likeness (QED) is 0.201. The summed E-state index contributed by atoms with van der Waals surface area (Å²) in [7, 11) is 1.50. The van der Waals surface area contributed by atoms with Gasteiger partial charge in [-0.25, -0.2) is 9.97 Å². The van der Waals surface area contributed by atoms with Crippen molar-refractivity contribution in [1.82, 2.24) is 30.0 Å². The van der Waals surface area contributed by atoms with Gasteiger partial charge in [-0.05, 0) is 46.9 Å². The lowest BCUT2D eigenvalue weighted by Gasteiger charge is -2.37.